The summed E-state index contributed by atoms with van der Waals surface area (Å²) in [5.41, 5.74) is 0. The zero-order valence-corrected chi connectivity index (χ0v) is 18.8. The predicted molar refractivity (Wildman–Crippen MR) is 87.1 cm³/mol. The van der Waals surface area contributed by atoms with Gasteiger partial charge in [0.1, 0.15) is 24.4 Å². The van der Waals surface area contributed by atoms with Crippen molar-refractivity contribution in [1.82, 2.24) is 0 Å². The second kappa shape index (κ2) is 19.4. The molecular formula is C16H30O8Zr. The number of methoxy groups -OCH3 is 2. The number of hydrogen-bond donors (Lipinski definition) is 0. The Hall–Kier alpha value is -0.917. The third-order valence-corrected chi connectivity index (χ3v) is 4.60. The molecule has 0 aliphatic carbocycles. The maximum atomic E-state index is 10.2. The van der Waals surface area contributed by atoms with Crippen molar-refractivity contribution in [2.45, 2.75) is 66.6 Å². The SMILES string of the molecule is CC(C)[O][Zr][O]C(C)C.COC(=O)CC(C)=O.COC(=O)CC(C)=O. The fourth-order valence-electron chi connectivity index (χ4n) is 0.771. The van der Waals surface area contributed by atoms with Gasteiger partial charge < -0.3 is 9.47 Å². The van der Waals surface area contributed by atoms with Crippen molar-refractivity contribution >= 4 is 23.5 Å². The molecule has 0 aliphatic heterocycles. The maximum absolute atomic E-state index is 10.2. The minimum absolute atomic E-state index is 0.115. The van der Waals surface area contributed by atoms with Crippen LogP contribution >= 0.6 is 0 Å². The average molecular weight is 442 g/mol. The van der Waals surface area contributed by atoms with Crippen molar-refractivity contribution in [3.8, 4) is 0 Å². The minimum atomic E-state index is -0.929. The third kappa shape index (κ3) is 35.2. The molecule has 0 saturated heterocycles. The molecule has 8 nitrogen and oxygen atoms in total. The molecular weight excluding hydrogens is 411 g/mol. The van der Waals surface area contributed by atoms with Gasteiger partial charge in [-0.2, -0.15) is 0 Å². The van der Waals surface area contributed by atoms with Gasteiger partial charge in [-0.05, 0) is 13.8 Å². The van der Waals surface area contributed by atoms with E-state index in [0.717, 1.165) is 0 Å². The van der Waals surface area contributed by atoms with Crippen LogP contribution in [0.1, 0.15) is 54.4 Å². The molecule has 0 amide bonds. The van der Waals surface area contributed by atoms with Gasteiger partial charge in [-0.25, -0.2) is 0 Å². The van der Waals surface area contributed by atoms with Crippen LogP contribution in [0, 0.1) is 0 Å². The molecule has 0 saturated carbocycles. The molecule has 0 N–H and O–H groups in total. The summed E-state index contributed by atoms with van der Waals surface area (Å²) < 4.78 is 19.0. The predicted octanol–water partition coefficient (Wildman–Crippen LogP) is 2.03. The molecule has 0 atom stereocenters. The van der Waals surface area contributed by atoms with Crippen LogP contribution in [0.2, 0.25) is 0 Å². The van der Waals surface area contributed by atoms with E-state index in [9.17, 15) is 19.2 Å². The Labute approximate surface area is 162 Å². The first kappa shape index (κ1) is 28.9. The Balaban J connectivity index is -0.000000291. The van der Waals surface area contributed by atoms with E-state index in [4.69, 9.17) is 5.63 Å². The van der Waals surface area contributed by atoms with Crippen molar-refractivity contribution in [2.24, 2.45) is 0 Å². The molecule has 0 spiro atoms. The first-order valence-corrected chi connectivity index (χ1v) is 9.65. The molecule has 0 unspecified atom stereocenters. The standard InChI is InChI=1S/2C5H8O3.2C3H7O.Zr/c2*1-4(6)3-5(7)8-2;2*1-3(2)4;/h2*3H2,1-2H3;2*3H,1-2H3;/q;;2*-1;+2. The number of carbonyl (C=O) groups excluding carboxylic acids is 4. The van der Waals surface area contributed by atoms with Crippen LogP contribution in [0.3, 0.4) is 0 Å². The Morgan fingerprint density at radius 1 is 0.720 bits per heavy atom. The maximum Gasteiger partial charge on any atom is 0.313 e. The van der Waals surface area contributed by atoms with Crippen LogP contribution in [0.25, 0.3) is 0 Å². The van der Waals surface area contributed by atoms with E-state index in [-0.39, 0.29) is 24.4 Å². The number of ketones is 2. The Bertz CT molecular complexity index is 358. The van der Waals surface area contributed by atoms with Crippen LogP contribution in [0.15, 0.2) is 0 Å². The van der Waals surface area contributed by atoms with Gasteiger partial charge in [0.25, 0.3) is 0 Å². The molecule has 146 valence electrons. The van der Waals surface area contributed by atoms with Gasteiger partial charge in [-0.1, -0.05) is 0 Å². The molecule has 0 aromatic rings. The summed E-state index contributed by atoms with van der Waals surface area (Å²) in [6, 6.07) is 0. The van der Waals surface area contributed by atoms with Gasteiger partial charge in [-0.15, -0.1) is 0 Å². The number of rotatable bonds is 8. The largest absolute Gasteiger partial charge is 0.469 e. The first-order chi connectivity index (χ1) is 11.5. The molecule has 0 rings (SSSR count). The number of carbonyl (C=O) groups is 4. The fourth-order valence-corrected chi connectivity index (χ4v) is 1.85. The number of hydrogen-bond acceptors (Lipinski definition) is 8. The smallest absolute Gasteiger partial charge is 0.313 e. The zero-order valence-electron chi connectivity index (χ0n) is 16.3. The second-order valence-corrected chi connectivity index (χ2v) is 6.89. The van der Waals surface area contributed by atoms with Gasteiger partial charge in [0.05, 0.1) is 14.2 Å². The van der Waals surface area contributed by atoms with E-state index >= 15 is 0 Å². The van der Waals surface area contributed by atoms with E-state index in [1.807, 2.05) is 27.7 Å². The average Bonchev–Trinajstić information content (AvgIpc) is 2.46. The Morgan fingerprint density at radius 3 is 1.12 bits per heavy atom. The van der Waals surface area contributed by atoms with E-state index < -0.39 is 36.1 Å². The molecule has 0 aromatic carbocycles. The van der Waals surface area contributed by atoms with Crippen LogP contribution in [-0.4, -0.2) is 49.9 Å². The topological polar surface area (TPSA) is 105 Å². The van der Waals surface area contributed by atoms with Crippen molar-refractivity contribution in [2.75, 3.05) is 14.2 Å². The molecule has 0 fully saturated rings. The molecule has 0 heterocycles. The van der Waals surface area contributed by atoms with E-state index in [2.05, 4.69) is 9.47 Å². The molecule has 0 bridgehead atoms. The molecule has 0 aromatic heterocycles. The van der Waals surface area contributed by atoms with Gasteiger partial charge in [0.2, 0.25) is 0 Å². The normalized spacial score (nSPS) is 9.20. The number of ether oxygens (including phenoxy) is 2. The molecule has 25 heavy (non-hydrogen) atoms. The Morgan fingerprint density at radius 2 is 1.00 bits per heavy atom. The first-order valence-electron chi connectivity index (χ1n) is 7.64. The van der Waals surface area contributed by atoms with Gasteiger partial charge in [0.15, 0.2) is 0 Å². The van der Waals surface area contributed by atoms with Crippen molar-refractivity contribution in [3.05, 3.63) is 0 Å². The van der Waals surface area contributed by atoms with Crippen LogP contribution in [-0.2, 0) is 58.4 Å². The second-order valence-electron chi connectivity index (χ2n) is 5.33. The summed E-state index contributed by atoms with van der Waals surface area (Å²) in [5.74, 6) is -1.29. The fraction of sp³-hybridized carbons (Fsp3) is 0.750. The summed E-state index contributed by atoms with van der Waals surface area (Å²) in [5, 5.41) is 0. The van der Waals surface area contributed by atoms with Gasteiger partial charge in [-0.3, -0.25) is 19.2 Å². The van der Waals surface area contributed by atoms with Crippen LogP contribution in [0.4, 0.5) is 0 Å². The molecule has 9 heteroatoms. The van der Waals surface area contributed by atoms with Crippen molar-refractivity contribution < 1.29 is 58.4 Å². The molecule has 0 aliphatic rings. The number of Topliss-reactive ketones (excluding diaryl/α,β-unsaturated/α-hetero) is 2. The summed E-state index contributed by atoms with van der Waals surface area (Å²) in [4.78, 5) is 40.6. The minimum Gasteiger partial charge on any atom is -0.469 e. The third-order valence-electron chi connectivity index (χ3n) is 1.81. The van der Waals surface area contributed by atoms with Crippen molar-refractivity contribution in [3.63, 3.8) is 0 Å². The van der Waals surface area contributed by atoms with E-state index in [0.29, 0.717) is 12.2 Å². The van der Waals surface area contributed by atoms with E-state index in [1.165, 1.54) is 28.1 Å². The summed E-state index contributed by atoms with van der Waals surface area (Å²) >= 11 is -0.929. The van der Waals surface area contributed by atoms with Gasteiger partial charge in [0, 0.05) is 0 Å². The van der Waals surface area contributed by atoms with Crippen molar-refractivity contribution in [1.29, 1.82) is 0 Å². The zero-order chi connectivity index (χ0) is 20.4. The van der Waals surface area contributed by atoms with Crippen LogP contribution < -0.4 is 0 Å². The quantitative estimate of drug-likeness (QED) is 0.416. The Kier molecular flexibility index (Phi) is 22.4. The summed E-state index contributed by atoms with van der Waals surface area (Å²) in [6.07, 6.45) is 0.457. The monoisotopic (exact) mass is 440 g/mol. The number of esters is 2. The summed E-state index contributed by atoms with van der Waals surface area (Å²) in [6.45, 7) is 10.8. The van der Waals surface area contributed by atoms with Gasteiger partial charge >= 0.3 is 81.6 Å². The summed E-state index contributed by atoms with van der Waals surface area (Å²) in [7, 11) is 2.51. The van der Waals surface area contributed by atoms with E-state index in [1.54, 1.807) is 0 Å². The van der Waals surface area contributed by atoms with Crippen LogP contribution in [0.5, 0.6) is 0 Å². The molecule has 0 radical (unpaired) electrons.